The van der Waals surface area contributed by atoms with E-state index in [1.54, 1.807) is 7.11 Å². The SMILES string of the molecule is COc1ccc(N2C(C)C(c3ccc(Cl)cc3)=NC2c2ccc(Cl)cc2)cc1. The Hall–Kier alpha value is -2.49. The lowest BCUT2D eigenvalue weighted by atomic mass is 10.0. The van der Waals surface area contributed by atoms with Gasteiger partial charge in [-0.05, 0) is 66.6 Å². The summed E-state index contributed by atoms with van der Waals surface area (Å²) in [5.41, 5.74) is 4.29. The Morgan fingerprint density at radius 2 is 1.39 bits per heavy atom. The first-order valence-corrected chi connectivity index (χ1v) is 9.84. The van der Waals surface area contributed by atoms with Crippen molar-refractivity contribution in [2.45, 2.75) is 19.1 Å². The molecule has 1 aliphatic heterocycles. The fraction of sp³-hybridized carbons (Fsp3) is 0.174. The average Bonchev–Trinajstić information content (AvgIpc) is 3.06. The molecule has 0 amide bonds. The van der Waals surface area contributed by atoms with Gasteiger partial charge in [-0.15, -0.1) is 0 Å². The molecule has 0 spiro atoms. The molecule has 3 aromatic rings. The lowest BCUT2D eigenvalue weighted by molar-refractivity contribution is 0.414. The molecule has 5 heteroatoms. The van der Waals surface area contributed by atoms with E-state index in [0.29, 0.717) is 5.02 Å². The first kappa shape index (κ1) is 18.9. The highest BCUT2D eigenvalue weighted by Gasteiger charge is 2.35. The number of nitrogens with zero attached hydrogens (tertiary/aromatic N) is 2. The van der Waals surface area contributed by atoms with Crippen molar-refractivity contribution in [1.29, 1.82) is 0 Å². The molecule has 0 fully saturated rings. The Labute approximate surface area is 175 Å². The molecule has 0 saturated carbocycles. The molecule has 0 saturated heterocycles. The second-order valence-electron chi connectivity index (χ2n) is 6.73. The Morgan fingerprint density at radius 3 is 1.96 bits per heavy atom. The van der Waals surface area contributed by atoms with E-state index in [4.69, 9.17) is 32.9 Å². The van der Waals surface area contributed by atoms with E-state index in [1.165, 1.54) is 0 Å². The van der Waals surface area contributed by atoms with Crippen LogP contribution in [0.4, 0.5) is 5.69 Å². The summed E-state index contributed by atoms with van der Waals surface area (Å²) in [4.78, 5) is 7.41. The van der Waals surface area contributed by atoms with Crippen LogP contribution in [0.3, 0.4) is 0 Å². The molecule has 2 unspecified atom stereocenters. The van der Waals surface area contributed by atoms with Crippen molar-refractivity contribution < 1.29 is 4.74 Å². The van der Waals surface area contributed by atoms with Crippen LogP contribution in [0.25, 0.3) is 0 Å². The number of methoxy groups -OCH3 is 1. The molecule has 28 heavy (non-hydrogen) atoms. The molecular formula is C23H20Cl2N2O. The van der Waals surface area contributed by atoms with E-state index in [0.717, 1.165) is 33.3 Å². The Balaban J connectivity index is 1.78. The summed E-state index contributed by atoms with van der Waals surface area (Å²) in [5.74, 6) is 0.831. The number of ether oxygens (including phenoxy) is 1. The van der Waals surface area contributed by atoms with Gasteiger partial charge in [0.1, 0.15) is 11.9 Å². The average molecular weight is 411 g/mol. The number of rotatable bonds is 4. The third-order valence-corrected chi connectivity index (χ3v) is 5.52. The van der Waals surface area contributed by atoms with Crippen molar-refractivity contribution in [1.82, 2.24) is 0 Å². The highest BCUT2D eigenvalue weighted by atomic mass is 35.5. The highest BCUT2D eigenvalue weighted by Crippen LogP contribution is 2.38. The van der Waals surface area contributed by atoms with Gasteiger partial charge in [-0.2, -0.15) is 0 Å². The summed E-state index contributed by atoms with van der Waals surface area (Å²) in [5, 5.41) is 1.43. The lowest BCUT2D eigenvalue weighted by Gasteiger charge is -2.30. The number of hydrogen-bond donors (Lipinski definition) is 0. The monoisotopic (exact) mass is 410 g/mol. The van der Waals surface area contributed by atoms with Crippen LogP contribution >= 0.6 is 23.2 Å². The van der Waals surface area contributed by atoms with Gasteiger partial charge in [0.2, 0.25) is 0 Å². The van der Waals surface area contributed by atoms with Crippen molar-refractivity contribution in [2.24, 2.45) is 4.99 Å². The Bertz CT molecular complexity index is 983. The van der Waals surface area contributed by atoms with Crippen LogP contribution in [0.1, 0.15) is 24.2 Å². The fourth-order valence-electron chi connectivity index (χ4n) is 3.57. The van der Waals surface area contributed by atoms with Gasteiger partial charge in [-0.3, -0.25) is 4.99 Å². The van der Waals surface area contributed by atoms with E-state index >= 15 is 0 Å². The number of hydrogen-bond acceptors (Lipinski definition) is 3. The maximum absolute atomic E-state index is 6.10. The van der Waals surface area contributed by atoms with Gasteiger partial charge in [0, 0.05) is 15.7 Å². The Kier molecular flexibility index (Phi) is 5.29. The maximum Gasteiger partial charge on any atom is 0.148 e. The van der Waals surface area contributed by atoms with E-state index in [-0.39, 0.29) is 12.2 Å². The number of benzene rings is 3. The van der Waals surface area contributed by atoms with Crippen LogP contribution in [-0.2, 0) is 0 Å². The smallest absolute Gasteiger partial charge is 0.148 e. The summed E-state index contributed by atoms with van der Waals surface area (Å²) in [6.07, 6.45) is -0.133. The molecule has 3 nitrogen and oxygen atoms in total. The summed E-state index contributed by atoms with van der Waals surface area (Å²) in [6.45, 7) is 2.17. The highest BCUT2D eigenvalue weighted by molar-refractivity contribution is 6.31. The van der Waals surface area contributed by atoms with E-state index in [9.17, 15) is 0 Å². The molecule has 3 aromatic carbocycles. The first-order valence-electron chi connectivity index (χ1n) is 9.08. The second kappa shape index (κ2) is 7.86. The zero-order valence-corrected chi connectivity index (χ0v) is 17.2. The maximum atomic E-state index is 6.10. The molecule has 1 aliphatic rings. The van der Waals surface area contributed by atoms with E-state index in [1.807, 2.05) is 60.7 Å². The normalized spacial score (nSPS) is 18.9. The summed E-state index contributed by atoms with van der Waals surface area (Å²) in [6, 6.07) is 23.9. The van der Waals surface area contributed by atoms with Crippen molar-refractivity contribution in [3.8, 4) is 5.75 Å². The quantitative estimate of drug-likeness (QED) is 0.496. The lowest BCUT2D eigenvalue weighted by Crippen LogP contribution is -2.35. The summed E-state index contributed by atoms with van der Waals surface area (Å²) < 4.78 is 5.31. The molecule has 4 rings (SSSR count). The van der Waals surface area contributed by atoms with E-state index < -0.39 is 0 Å². The first-order chi connectivity index (χ1) is 13.6. The van der Waals surface area contributed by atoms with Crippen molar-refractivity contribution in [2.75, 3.05) is 12.0 Å². The topological polar surface area (TPSA) is 24.8 Å². The molecular weight excluding hydrogens is 391 g/mol. The van der Waals surface area contributed by atoms with Crippen LogP contribution in [-0.4, -0.2) is 18.9 Å². The molecule has 0 N–H and O–H groups in total. The fourth-order valence-corrected chi connectivity index (χ4v) is 3.82. The summed E-state index contributed by atoms with van der Waals surface area (Å²) in [7, 11) is 1.67. The van der Waals surface area contributed by atoms with Gasteiger partial charge in [-0.1, -0.05) is 47.5 Å². The minimum atomic E-state index is -0.133. The molecule has 0 aromatic heterocycles. The molecule has 142 valence electrons. The molecule has 0 radical (unpaired) electrons. The van der Waals surface area contributed by atoms with Crippen LogP contribution in [0.5, 0.6) is 5.75 Å². The number of anilines is 1. The predicted octanol–water partition coefficient (Wildman–Crippen LogP) is 6.40. The number of aliphatic imine (C=N–C) groups is 1. The minimum absolute atomic E-state index is 0.0928. The third-order valence-electron chi connectivity index (χ3n) is 5.02. The van der Waals surface area contributed by atoms with Gasteiger partial charge < -0.3 is 9.64 Å². The van der Waals surface area contributed by atoms with Gasteiger partial charge in [0.05, 0.1) is 18.9 Å². The van der Waals surface area contributed by atoms with Crippen LogP contribution in [0, 0.1) is 0 Å². The van der Waals surface area contributed by atoms with Crippen LogP contribution in [0.15, 0.2) is 77.8 Å². The molecule has 2 atom stereocenters. The zero-order valence-electron chi connectivity index (χ0n) is 15.6. The zero-order chi connectivity index (χ0) is 19.7. The Morgan fingerprint density at radius 1 is 0.821 bits per heavy atom. The van der Waals surface area contributed by atoms with Crippen molar-refractivity contribution >= 4 is 34.6 Å². The van der Waals surface area contributed by atoms with Gasteiger partial charge in [0.15, 0.2) is 0 Å². The van der Waals surface area contributed by atoms with Crippen molar-refractivity contribution in [3.05, 3.63) is 94.0 Å². The van der Waals surface area contributed by atoms with Crippen LogP contribution < -0.4 is 9.64 Å². The van der Waals surface area contributed by atoms with Gasteiger partial charge in [0.25, 0.3) is 0 Å². The third kappa shape index (κ3) is 3.60. The molecule has 0 bridgehead atoms. The predicted molar refractivity (Wildman–Crippen MR) is 117 cm³/mol. The molecule has 1 heterocycles. The minimum Gasteiger partial charge on any atom is -0.497 e. The van der Waals surface area contributed by atoms with Gasteiger partial charge >= 0.3 is 0 Å². The largest absolute Gasteiger partial charge is 0.497 e. The number of halogens is 2. The van der Waals surface area contributed by atoms with Gasteiger partial charge in [-0.25, -0.2) is 0 Å². The standard InChI is InChI=1S/C23H20Cl2N2O/c1-15-22(16-3-7-18(24)8-4-16)26-23(17-5-9-19(25)10-6-17)27(15)20-11-13-21(28-2)14-12-20/h3-15,23H,1-2H3. The van der Waals surface area contributed by atoms with Crippen molar-refractivity contribution in [3.63, 3.8) is 0 Å². The summed E-state index contributed by atoms with van der Waals surface area (Å²) >= 11 is 12.2. The second-order valence-corrected chi connectivity index (χ2v) is 7.60. The molecule has 0 aliphatic carbocycles. The van der Waals surface area contributed by atoms with Crippen LogP contribution in [0.2, 0.25) is 10.0 Å². The van der Waals surface area contributed by atoms with E-state index in [2.05, 4.69) is 24.0 Å².